The molecule has 0 unspecified atom stereocenters. The van der Waals surface area contributed by atoms with Gasteiger partial charge >= 0.3 is 0 Å². The molecule has 4 rings (SSSR count). The molecule has 1 aromatic heterocycles. The lowest BCUT2D eigenvalue weighted by Crippen LogP contribution is -2.22. The van der Waals surface area contributed by atoms with Gasteiger partial charge in [0.1, 0.15) is 5.76 Å². The number of hydrogen-bond donors (Lipinski definition) is 2. The zero-order valence-corrected chi connectivity index (χ0v) is 20.0. The third-order valence-corrected chi connectivity index (χ3v) is 6.31. The van der Waals surface area contributed by atoms with Crippen LogP contribution >= 0.6 is 23.2 Å². The molecule has 0 bridgehead atoms. The minimum Gasteiger partial charge on any atom is -0.455 e. The Bertz CT molecular complexity index is 1290. The van der Waals surface area contributed by atoms with Gasteiger partial charge in [0.2, 0.25) is 0 Å². The second kappa shape index (κ2) is 9.41. The maximum Gasteiger partial charge on any atom is 0.291 e. The number of hydrazone groups is 1. The topological polar surface area (TPSA) is 83.7 Å². The first-order valence-electron chi connectivity index (χ1n) is 10.6. The van der Waals surface area contributed by atoms with Crippen LogP contribution in [0.25, 0.3) is 0 Å². The largest absolute Gasteiger partial charge is 0.455 e. The fraction of sp³-hybridized carbons (Fsp3) is 0.240. The van der Waals surface area contributed by atoms with Gasteiger partial charge in [-0.25, -0.2) is 5.43 Å². The van der Waals surface area contributed by atoms with Gasteiger partial charge in [-0.05, 0) is 75.1 Å². The number of hydrogen-bond acceptors (Lipinski definition) is 4. The van der Waals surface area contributed by atoms with Crippen LogP contribution in [0.3, 0.4) is 0 Å². The second-order valence-corrected chi connectivity index (χ2v) is 8.93. The van der Waals surface area contributed by atoms with Crippen LogP contribution in [0.15, 0.2) is 45.9 Å². The van der Waals surface area contributed by atoms with Crippen molar-refractivity contribution in [3.8, 4) is 0 Å². The molecule has 0 saturated heterocycles. The maximum atomic E-state index is 12.9. The number of fused-ring (bicyclic) bond motifs is 1. The monoisotopic (exact) mass is 483 g/mol. The molecule has 3 aromatic rings. The number of furan rings is 1. The van der Waals surface area contributed by atoms with Gasteiger partial charge in [-0.1, -0.05) is 29.3 Å². The van der Waals surface area contributed by atoms with Gasteiger partial charge in [-0.2, -0.15) is 5.10 Å². The highest BCUT2D eigenvalue weighted by Gasteiger charge is 2.28. The predicted octanol–water partition coefficient (Wildman–Crippen LogP) is 6.23. The maximum absolute atomic E-state index is 12.9. The summed E-state index contributed by atoms with van der Waals surface area (Å²) in [7, 11) is 0. The van der Waals surface area contributed by atoms with E-state index in [9.17, 15) is 9.59 Å². The first kappa shape index (κ1) is 23.1. The molecule has 0 atom stereocenters. The molecule has 2 N–H and O–H groups in total. The molecule has 1 aliphatic rings. The number of rotatable bonds is 4. The van der Waals surface area contributed by atoms with Gasteiger partial charge in [0, 0.05) is 28.3 Å². The number of anilines is 1. The summed E-state index contributed by atoms with van der Waals surface area (Å²) in [6.45, 7) is 5.85. The lowest BCUT2D eigenvalue weighted by atomic mass is 9.93. The van der Waals surface area contributed by atoms with E-state index in [1.54, 1.807) is 12.1 Å². The molecule has 0 fully saturated rings. The van der Waals surface area contributed by atoms with Crippen molar-refractivity contribution in [3.05, 3.63) is 85.8 Å². The Balaban J connectivity index is 1.57. The molecule has 0 saturated carbocycles. The van der Waals surface area contributed by atoms with Gasteiger partial charge in [-0.15, -0.1) is 0 Å². The van der Waals surface area contributed by atoms with E-state index in [-0.39, 0.29) is 22.3 Å². The van der Waals surface area contributed by atoms with Crippen molar-refractivity contribution in [2.24, 2.45) is 5.10 Å². The molecular weight excluding hydrogens is 461 g/mol. The van der Waals surface area contributed by atoms with E-state index in [0.29, 0.717) is 40.6 Å². The average molecular weight is 484 g/mol. The number of nitrogens with one attached hydrogen (secondary N) is 2. The third kappa shape index (κ3) is 4.82. The Hall–Kier alpha value is -3.09. The molecule has 2 amide bonds. The van der Waals surface area contributed by atoms with Gasteiger partial charge in [0.05, 0.1) is 16.3 Å². The smallest absolute Gasteiger partial charge is 0.291 e. The number of amides is 2. The normalized spacial score (nSPS) is 14.2. The first-order chi connectivity index (χ1) is 15.7. The molecule has 0 radical (unpaired) electrons. The Morgan fingerprint density at radius 2 is 1.76 bits per heavy atom. The Morgan fingerprint density at radius 3 is 2.48 bits per heavy atom. The fourth-order valence-electron chi connectivity index (χ4n) is 3.86. The van der Waals surface area contributed by atoms with Crippen LogP contribution in [0.5, 0.6) is 0 Å². The van der Waals surface area contributed by atoms with Crippen molar-refractivity contribution in [2.45, 2.75) is 40.0 Å². The van der Waals surface area contributed by atoms with Gasteiger partial charge in [0.25, 0.3) is 11.8 Å². The van der Waals surface area contributed by atoms with Crippen molar-refractivity contribution in [3.63, 3.8) is 0 Å². The summed E-state index contributed by atoms with van der Waals surface area (Å²) < 4.78 is 5.94. The Labute approximate surface area is 202 Å². The summed E-state index contributed by atoms with van der Waals surface area (Å²) in [5, 5.41) is 7.93. The van der Waals surface area contributed by atoms with E-state index in [0.717, 1.165) is 23.1 Å². The number of benzene rings is 2. The Morgan fingerprint density at radius 1 is 0.970 bits per heavy atom. The van der Waals surface area contributed by atoms with Crippen LogP contribution in [0, 0.1) is 20.8 Å². The quantitative estimate of drug-likeness (QED) is 0.431. The third-order valence-electron chi connectivity index (χ3n) is 5.76. The van der Waals surface area contributed by atoms with Crippen LogP contribution in [-0.2, 0) is 6.42 Å². The lowest BCUT2D eigenvalue weighted by Gasteiger charge is -2.13. The summed E-state index contributed by atoms with van der Waals surface area (Å²) in [4.78, 5) is 25.5. The zero-order chi connectivity index (χ0) is 23.7. The summed E-state index contributed by atoms with van der Waals surface area (Å²) in [6, 6.07) is 10.4. The van der Waals surface area contributed by atoms with Crippen LogP contribution in [0.1, 0.15) is 61.8 Å². The molecule has 33 heavy (non-hydrogen) atoms. The van der Waals surface area contributed by atoms with Crippen molar-refractivity contribution in [1.82, 2.24) is 5.43 Å². The standard InChI is InChI=1S/C25H23Cl2N3O3/c1-13-7-9-17(11-14(13)2)28-25(32)23-15(3)22-20(5-4-6-21(22)33-23)29-30-24(31)18-10-8-16(26)12-19(18)27/h7-12H,4-6H2,1-3H3,(H,28,32)(H,30,31)/b29-20+. The van der Waals surface area contributed by atoms with Crippen LogP contribution in [0.2, 0.25) is 10.0 Å². The number of carbonyl (C=O) groups is 2. The van der Waals surface area contributed by atoms with E-state index >= 15 is 0 Å². The Kier molecular flexibility index (Phi) is 6.58. The molecular formula is C25H23Cl2N3O3. The van der Waals surface area contributed by atoms with Crippen LogP contribution in [-0.4, -0.2) is 17.5 Å². The molecule has 0 spiro atoms. The number of nitrogens with zero attached hydrogens (tertiary/aromatic N) is 1. The SMILES string of the molecule is Cc1ccc(NC(=O)c2oc3c(c2C)/C(=N/NC(=O)c2ccc(Cl)cc2Cl)CCC3)cc1C. The summed E-state index contributed by atoms with van der Waals surface area (Å²) in [5.41, 5.74) is 7.93. The van der Waals surface area contributed by atoms with Gasteiger partial charge < -0.3 is 9.73 Å². The van der Waals surface area contributed by atoms with E-state index in [2.05, 4.69) is 15.8 Å². The molecule has 1 aliphatic carbocycles. The number of carbonyl (C=O) groups excluding carboxylic acids is 2. The molecule has 1 heterocycles. The molecule has 170 valence electrons. The van der Waals surface area contributed by atoms with Crippen molar-refractivity contribution in [2.75, 3.05) is 5.32 Å². The van der Waals surface area contributed by atoms with E-state index in [1.165, 1.54) is 6.07 Å². The van der Waals surface area contributed by atoms with E-state index < -0.39 is 5.91 Å². The number of halogens is 2. The highest BCUT2D eigenvalue weighted by molar-refractivity contribution is 6.36. The van der Waals surface area contributed by atoms with Crippen molar-refractivity contribution in [1.29, 1.82) is 0 Å². The molecule has 0 aliphatic heterocycles. The minimum absolute atomic E-state index is 0.245. The highest BCUT2D eigenvalue weighted by Crippen LogP contribution is 2.30. The van der Waals surface area contributed by atoms with E-state index in [4.69, 9.17) is 27.6 Å². The highest BCUT2D eigenvalue weighted by atomic mass is 35.5. The molecule has 2 aromatic carbocycles. The van der Waals surface area contributed by atoms with Crippen LogP contribution < -0.4 is 10.7 Å². The number of aryl methyl sites for hydroxylation is 3. The zero-order valence-electron chi connectivity index (χ0n) is 18.5. The van der Waals surface area contributed by atoms with Gasteiger partial charge in [0.15, 0.2) is 5.76 Å². The summed E-state index contributed by atoms with van der Waals surface area (Å²) in [6.07, 6.45) is 2.15. The molecule has 8 heteroatoms. The van der Waals surface area contributed by atoms with Crippen LogP contribution in [0.4, 0.5) is 5.69 Å². The van der Waals surface area contributed by atoms with Crippen molar-refractivity contribution >= 4 is 46.4 Å². The minimum atomic E-state index is -0.440. The summed E-state index contributed by atoms with van der Waals surface area (Å²) in [5.74, 6) is 0.188. The van der Waals surface area contributed by atoms with E-state index in [1.807, 2.05) is 39.0 Å². The summed E-state index contributed by atoms with van der Waals surface area (Å²) >= 11 is 12.0. The molecule has 6 nitrogen and oxygen atoms in total. The lowest BCUT2D eigenvalue weighted by molar-refractivity contribution is 0.0953. The average Bonchev–Trinajstić information content (AvgIpc) is 3.12. The van der Waals surface area contributed by atoms with Crippen molar-refractivity contribution < 1.29 is 14.0 Å². The predicted molar refractivity (Wildman–Crippen MR) is 131 cm³/mol. The fourth-order valence-corrected chi connectivity index (χ4v) is 4.35. The van der Waals surface area contributed by atoms with Gasteiger partial charge in [-0.3, -0.25) is 9.59 Å². The second-order valence-electron chi connectivity index (χ2n) is 8.08. The first-order valence-corrected chi connectivity index (χ1v) is 11.3.